The van der Waals surface area contributed by atoms with Crippen molar-refractivity contribution in [2.24, 2.45) is 0 Å². The van der Waals surface area contributed by atoms with Gasteiger partial charge in [0, 0.05) is 13.5 Å². The smallest absolute Gasteiger partial charge is 0.356 e. The zero-order valence-corrected chi connectivity index (χ0v) is 12.9. The van der Waals surface area contributed by atoms with Gasteiger partial charge in [0.25, 0.3) is 0 Å². The van der Waals surface area contributed by atoms with E-state index in [1.807, 2.05) is 0 Å². The first-order valence-electron chi connectivity index (χ1n) is 6.70. The average Bonchev–Trinajstić information content (AvgIpc) is 2.83. The van der Waals surface area contributed by atoms with Crippen molar-refractivity contribution < 1.29 is 14.7 Å². The van der Waals surface area contributed by atoms with Gasteiger partial charge in [-0.15, -0.1) is 0 Å². The Balaban J connectivity index is 2.55. The molecule has 0 amide bonds. The van der Waals surface area contributed by atoms with Gasteiger partial charge in [-0.3, -0.25) is 4.79 Å². The molecule has 1 heterocycles. The van der Waals surface area contributed by atoms with Crippen LogP contribution in [0.25, 0.3) is 0 Å². The van der Waals surface area contributed by atoms with Crippen molar-refractivity contribution in [2.45, 2.75) is 27.2 Å². The van der Waals surface area contributed by atoms with Crippen molar-refractivity contribution >= 4 is 28.2 Å². The van der Waals surface area contributed by atoms with Crippen LogP contribution in [0.1, 0.15) is 47.4 Å². The fourth-order valence-electron chi connectivity index (χ4n) is 1.82. The van der Waals surface area contributed by atoms with Crippen molar-refractivity contribution in [1.82, 2.24) is 9.88 Å². The molecule has 6 nitrogen and oxygen atoms in total. The third-order valence-electron chi connectivity index (χ3n) is 2.97. The maximum absolute atomic E-state index is 11.4. The highest BCUT2D eigenvalue weighted by atomic mass is 32.1. The highest BCUT2D eigenvalue weighted by Gasteiger charge is 2.20. The molecule has 2 N–H and O–H groups in total. The van der Waals surface area contributed by atoms with Crippen LogP contribution in [-0.2, 0) is 0 Å². The van der Waals surface area contributed by atoms with Crippen molar-refractivity contribution in [3.05, 3.63) is 10.6 Å². The van der Waals surface area contributed by atoms with E-state index in [9.17, 15) is 9.59 Å². The third-order valence-corrected chi connectivity index (χ3v) is 4.09. The van der Waals surface area contributed by atoms with Crippen molar-refractivity contribution in [3.63, 3.8) is 0 Å². The molecule has 0 bridgehead atoms. The number of carboxylic acids is 1. The minimum atomic E-state index is -1.16. The Labute approximate surface area is 122 Å². The van der Waals surface area contributed by atoms with Crippen LogP contribution in [0, 0.1) is 0 Å². The zero-order chi connectivity index (χ0) is 15.1. The largest absolute Gasteiger partial charge is 0.476 e. The summed E-state index contributed by atoms with van der Waals surface area (Å²) in [6, 6.07) is 0. The number of aromatic nitrogens is 1. The van der Waals surface area contributed by atoms with Crippen molar-refractivity contribution in [1.29, 1.82) is 0 Å². The number of nitrogens with one attached hydrogen (secondary N) is 1. The lowest BCUT2D eigenvalue weighted by Crippen LogP contribution is -2.25. The number of hydrogen-bond donors (Lipinski definition) is 2. The fourth-order valence-corrected chi connectivity index (χ4v) is 2.69. The molecule has 1 aromatic heterocycles. The minimum absolute atomic E-state index is 0.159. The second-order valence-corrected chi connectivity index (χ2v) is 5.36. The minimum Gasteiger partial charge on any atom is -0.476 e. The number of Topliss-reactive ketones (excluding diaryl/α,β-unsaturated/α-hetero) is 1. The Morgan fingerprint density at radius 3 is 2.45 bits per heavy atom. The Morgan fingerprint density at radius 1 is 1.35 bits per heavy atom. The number of carboxylic acid groups (broad SMARTS) is 1. The number of aromatic carboxylic acids is 1. The molecule has 0 fully saturated rings. The summed E-state index contributed by atoms with van der Waals surface area (Å²) < 4.78 is 0. The summed E-state index contributed by atoms with van der Waals surface area (Å²) in [6.45, 7) is 9.32. The lowest BCUT2D eigenvalue weighted by atomic mass is 10.3. The molecule has 0 radical (unpaired) electrons. The molecule has 0 atom stereocenters. The van der Waals surface area contributed by atoms with Gasteiger partial charge < -0.3 is 15.3 Å². The van der Waals surface area contributed by atoms with E-state index in [4.69, 9.17) is 5.11 Å². The van der Waals surface area contributed by atoms with E-state index >= 15 is 0 Å². The van der Waals surface area contributed by atoms with E-state index in [1.165, 1.54) is 6.92 Å². The average molecular weight is 299 g/mol. The first-order chi connectivity index (χ1) is 9.49. The molecule has 1 rings (SSSR count). The van der Waals surface area contributed by atoms with Gasteiger partial charge in [-0.25, -0.2) is 9.78 Å². The first-order valence-corrected chi connectivity index (χ1v) is 7.52. The molecular weight excluding hydrogens is 278 g/mol. The Hall–Kier alpha value is -1.47. The molecule has 0 saturated carbocycles. The molecule has 0 aliphatic heterocycles. The Bertz CT molecular complexity index is 438. The van der Waals surface area contributed by atoms with E-state index in [0.29, 0.717) is 11.7 Å². The molecule has 0 aliphatic rings. The standard InChI is InChI=1S/C13H21N3O3S/c1-4-16(5-2)8-6-7-14-13-15-10(12(18)19)11(20-13)9(3)17/h4-8H2,1-3H3,(H,14,15)(H,18,19). The van der Waals surface area contributed by atoms with Crippen LogP contribution < -0.4 is 5.32 Å². The van der Waals surface area contributed by atoms with Gasteiger partial charge in [-0.1, -0.05) is 25.2 Å². The topological polar surface area (TPSA) is 82.5 Å². The maximum Gasteiger partial charge on any atom is 0.356 e. The van der Waals surface area contributed by atoms with Crippen molar-refractivity contribution in [3.8, 4) is 0 Å². The number of carbonyl (C=O) groups excluding carboxylic acids is 1. The number of rotatable bonds is 9. The first kappa shape index (κ1) is 16.6. The molecule has 0 aliphatic carbocycles. The van der Waals surface area contributed by atoms with Gasteiger partial charge in [0.2, 0.25) is 0 Å². The number of nitrogens with zero attached hydrogens (tertiary/aromatic N) is 2. The van der Waals surface area contributed by atoms with Crippen LogP contribution in [0.15, 0.2) is 0 Å². The molecule has 20 heavy (non-hydrogen) atoms. The number of hydrogen-bond acceptors (Lipinski definition) is 6. The predicted molar refractivity (Wildman–Crippen MR) is 80.0 cm³/mol. The second-order valence-electron chi connectivity index (χ2n) is 4.37. The van der Waals surface area contributed by atoms with Crippen LogP contribution in [0.3, 0.4) is 0 Å². The summed E-state index contributed by atoms with van der Waals surface area (Å²) in [7, 11) is 0. The van der Waals surface area contributed by atoms with Crippen LogP contribution >= 0.6 is 11.3 Å². The molecule has 0 aromatic carbocycles. The van der Waals surface area contributed by atoms with E-state index in [0.717, 1.165) is 37.4 Å². The van der Waals surface area contributed by atoms with Gasteiger partial charge in [0.05, 0.1) is 0 Å². The third kappa shape index (κ3) is 4.57. The molecular formula is C13H21N3O3S. The number of carbonyl (C=O) groups is 2. The Kier molecular flexibility index (Phi) is 6.60. The summed E-state index contributed by atoms with van der Waals surface area (Å²) in [5, 5.41) is 12.6. The van der Waals surface area contributed by atoms with Crippen LogP contribution in [0.5, 0.6) is 0 Å². The summed E-state index contributed by atoms with van der Waals surface area (Å²) >= 11 is 1.10. The zero-order valence-electron chi connectivity index (χ0n) is 12.1. The fraction of sp³-hybridized carbons (Fsp3) is 0.615. The van der Waals surface area contributed by atoms with Gasteiger partial charge in [-0.05, 0) is 26.1 Å². The van der Waals surface area contributed by atoms with Gasteiger partial charge in [0.15, 0.2) is 16.6 Å². The molecule has 112 valence electrons. The highest BCUT2D eigenvalue weighted by molar-refractivity contribution is 7.17. The summed E-state index contributed by atoms with van der Waals surface area (Å²) in [5.74, 6) is -1.43. The van der Waals surface area contributed by atoms with Crippen LogP contribution in [-0.4, -0.2) is 52.9 Å². The van der Waals surface area contributed by atoms with E-state index < -0.39 is 5.97 Å². The van der Waals surface area contributed by atoms with E-state index in [-0.39, 0.29) is 16.4 Å². The number of thiazole rings is 1. The summed E-state index contributed by atoms with van der Waals surface area (Å²) in [5.41, 5.74) is -0.159. The number of ketones is 1. The maximum atomic E-state index is 11.4. The summed E-state index contributed by atoms with van der Waals surface area (Å²) in [4.78, 5) is 28.8. The van der Waals surface area contributed by atoms with Gasteiger partial charge >= 0.3 is 5.97 Å². The SMILES string of the molecule is CCN(CC)CCCNc1nc(C(=O)O)c(C(C)=O)s1. The predicted octanol–water partition coefficient (Wildman–Crippen LogP) is 2.19. The quantitative estimate of drug-likeness (QED) is 0.537. The molecule has 0 saturated heterocycles. The monoisotopic (exact) mass is 299 g/mol. The van der Waals surface area contributed by atoms with Crippen LogP contribution in [0.4, 0.5) is 5.13 Å². The number of anilines is 1. The molecule has 0 unspecified atom stereocenters. The lowest BCUT2D eigenvalue weighted by Gasteiger charge is -2.17. The van der Waals surface area contributed by atoms with Gasteiger partial charge in [0.1, 0.15) is 4.88 Å². The Morgan fingerprint density at radius 2 is 2.00 bits per heavy atom. The normalized spacial score (nSPS) is 10.8. The van der Waals surface area contributed by atoms with Crippen molar-refractivity contribution in [2.75, 3.05) is 31.5 Å². The lowest BCUT2D eigenvalue weighted by molar-refractivity contribution is 0.0687. The van der Waals surface area contributed by atoms with E-state index in [2.05, 4.69) is 29.0 Å². The molecule has 1 aromatic rings. The summed E-state index contributed by atoms with van der Waals surface area (Å²) in [6.07, 6.45) is 0.944. The molecule has 7 heteroatoms. The van der Waals surface area contributed by atoms with Crippen LogP contribution in [0.2, 0.25) is 0 Å². The molecule has 0 spiro atoms. The second kappa shape index (κ2) is 7.96. The van der Waals surface area contributed by atoms with Gasteiger partial charge in [-0.2, -0.15) is 0 Å². The van der Waals surface area contributed by atoms with E-state index in [1.54, 1.807) is 0 Å². The highest BCUT2D eigenvalue weighted by Crippen LogP contribution is 2.23.